The summed E-state index contributed by atoms with van der Waals surface area (Å²) in [6, 6.07) is 5.65. The fourth-order valence-corrected chi connectivity index (χ4v) is 0.998. The zero-order valence-corrected chi connectivity index (χ0v) is 8.39. The molecule has 0 spiro atoms. The molecular weight excluding hydrogens is 188 g/mol. The second-order valence-electron chi connectivity index (χ2n) is 2.89. The summed E-state index contributed by atoms with van der Waals surface area (Å²) in [7, 11) is 0. The molecule has 70 valence electrons. The molecular formula is C10H11ClO2. The molecule has 13 heavy (non-hydrogen) atoms. The van der Waals surface area contributed by atoms with Crippen molar-refractivity contribution < 1.29 is 9.53 Å². The van der Waals surface area contributed by atoms with Crippen LogP contribution in [-0.4, -0.2) is 11.8 Å². The van der Waals surface area contributed by atoms with Crippen molar-refractivity contribution >= 4 is 16.8 Å². The average molecular weight is 199 g/mol. The normalized spacial score (nSPS) is 9.77. The Morgan fingerprint density at radius 3 is 2.62 bits per heavy atom. The maximum atomic E-state index is 10.4. The van der Waals surface area contributed by atoms with Gasteiger partial charge in [-0.1, -0.05) is 6.07 Å². The molecule has 0 aliphatic carbocycles. The Morgan fingerprint density at radius 1 is 1.38 bits per heavy atom. The highest BCUT2D eigenvalue weighted by Gasteiger charge is 1.99. The molecule has 0 aliphatic rings. The van der Waals surface area contributed by atoms with Gasteiger partial charge in [0.05, 0.1) is 0 Å². The van der Waals surface area contributed by atoms with Gasteiger partial charge in [-0.2, -0.15) is 0 Å². The van der Waals surface area contributed by atoms with Crippen molar-refractivity contribution in [3.8, 4) is 5.75 Å². The molecule has 1 aromatic rings. The van der Waals surface area contributed by atoms with E-state index in [1.165, 1.54) is 5.56 Å². The van der Waals surface area contributed by atoms with Crippen molar-refractivity contribution in [1.82, 2.24) is 0 Å². The summed E-state index contributed by atoms with van der Waals surface area (Å²) in [4.78, 5) is 10.4. The van der Waals surface area contributed by atoms with Crippen molar-refractivity contribution in [3.05, 3.63) is 29.3 Å². The van der Waals surface area contributed by atoms with Gasteiger partial charge in [0, 0.05) is 0 Å². The zero-order chi connectivity index (χ0) is 9.84. The third-order valence-corrected chi connectivity index (χ3v) is 1.94. The molecule has 1 rings (SSSR count). The highest BCUT2D eigenvalue weighted by Crippen LogP contribution is 2.16. The van der Waals surface area contributed by atoms with Crippen molar-refractivity contribution in [2.75, 3.05) is 6.61 Å². The molecule has 1 aromatic carbocycles. The number of ether oxygens (including phenoxy) is 1. The Hall–Kier alpha value is -1.02. The van der Waals surface area contributed by atoms with Crippen LogP contribution in [0.5, 0.6) is 5.75 Å². The second-order valence-corrected chi connectivity index (χ2v) is 3.31. The van der Waals surface area contributed by atoms with Crippen molar-refractivity contribution in [2.24, 2.45) is 0 Å². The molecule has 0 saturated carbocycles. The Balaban J connectivity index is 2.68. The van der Waals surface area contributed by atoms with E-state index in [2.05, 4.69) is 0 Å². The van der Waals surface area contributed by atoms with Crippen LogP contribution < -0.4 is 4.74 Å². The molecule has 0 aliphatic heterocycles. The van der Waals surface area contributed by atoms with Gasteiger partial charge in [-0.05, 0) is 48.7 Å². The van der Waals surface area contributed by atoms with Gasteiger partial charge < -0.3 is 4.74 Å². The summed E-state index contributed by atoms with van der Waals surface area (Å²) >= 11 is 5.13. The van der Waals surface area contributed by atoms with E-state index in [9.17, 15) is 4.79 Å². The molecule has 0 saturated heterocycles. The first-order chi connectivity index (χ1) is 6.09. The molecule has 2 nitrogen and oxygen atoms in total. The van der Waals surface area contributed by atoms with Gasteiger partial charge >= 0.3 is 0 Å². The van der Waals surface area contributed by atoms with Crippen LogP contribution in [0.15, 0.2) is 18.2 Å². The Bertz CT molecular complexity index is 321. The summed E-state index contributed by atoms with van der Waals surface area (Å²) in [5.74, 6) is 0.678. The van der Waals surface area contributed by atoms with Crippen LogP contribution in [-0.2, 0) is 4.79 Å². The number of hydrogen-bond acceptors (Lipinski definition) is 2. The lowest BCUT2D eigenvalue weighted by Crippen LogP contribution is -2.04. The highest BCUT2D eigenvalue weighted by atomic mass is 35.5. The van der Waals surface area contributed by atoms with E-state index in [1.807, 2.05) is 32.0 Å². The summed E-state index contributed by atoms with van der Waals surface area (Å²) in [5.41, 5.74) is 2.34. The van der Waals surface area contributed by atoms with Crippen LogP contribution in [0, 0.1) is 13.8 Å². The molecule has 0 heterocycles. The lowest BCUT2D eigenvalue weighted by molar-refractivity contribution is -0.113. The van der Waals surface area contributed by atoms with Gasteiger partial charge in [0.15, 0.2) is 6.61 Å². The number of aryl methyl sites for hydroxylation is 2. The Labute approximate surface area is 82.5 Å². The average Bonchev–Trinajstić information content (AvgIpc) is 2.07. The van der Waals surface area contributed by atoms with E-state index >= 15 is 0 Å². The van der Waals surface area contributed by atoms with Gasteiger partial charge in [0.2, 0.25) is 0 Å². The van der Waals surface area contributed by atoms with E-state index in [4.69, 9.17) is 16.3 Å². The van der Waals surface area contributed by atoms with Gasteiger partial charge in [-0.3, -0.25) is 4.79 Å². The molecule has 0 fully saturated rings. The lowest BCUT2D eigenvalue weighted by Gasteiger charge is -2.05. The maximum absolute atomic E-state index is 10.4. The van der Waals surface area contributed by atoms with Gasteiger partial charge in [-0.15, -0.1) is 0 Å². The van der Waals surface area contributed by atoms with Crippen molar-refractivity contribution in [2.45, 2.75) is 13.8 Å². The van der Waals surface area contributed by atoms with Crippen LogP contribution in [0.3, 0.4) is 0 Å². The minimum Gasteiger partial charge on any atom is -0.484 e. The number of benzene rings is 1. The van der Waals surface area contributed by atoms with Crippen LogP contribution in [0.4, 0.5) is 0 Å². The fourth-order valence-electron chi connectivity index (χ4n) is 0.944. The predicted molar refractivity (Wildman–Crippen MR) is 52.3 cm³/mol. The molecule has 3 heteroatoms. The standard InChI is InChI=1S/C10H11ClO2/c1-7-3-4-9(5-8(7)2)13-6-10(11)12/h3-5H,6H2,1-2H3. The Morgan fingerprint density at radius 2 is 2.08 bits per heavy atom. The van der Waals surface area contributed by atoms with E-state index in [0.717, 1.165) is 5.56 Å². The van der Waals surface area contributed by atoms with Crippen LogP contribution >= 0.6 is 11.6 Å². The highest BCUT2D eigenvalue weighted by molar-refractivity contribution is 6.63. The summed E-state index contributed by atoms with van der Waals surface area (Å²) in [5, 5.41) is -0.488. The first-order valence-electron chi connectivity index (χ1n) is 3.98. The molecule has 0 atom stereocenters. The first-order valence-corrected chi connectivity index (χ1v) is 4.36. The lowest BCUT2D eigenvalue weighted by atomic mass is 10.1. The summed E-state index contributed by atoms with van der Waals surface area (Å²) < 4.78 is 5.12. The Kier molecular flexibility index (Phi) is 3.32. The van der Waals surface area contributed by atoms with Gasteiger partial charge in [-0.25, -0.2) is 0 Å². The zero-order valence-electron chi connectivity index (χ0n) is 7.63. The van der Waals surface area contributed by atoms with Gasteiger partial charge in [0.25, 0.3) is 5.24 Å². The summed E-state index contributed by atoms with van der Waals surface area (Å²) in [6.07, 6.45) is 0. The van der Waals surface area contributed by atoms with Gasteiger partial charge in [0.1, 0.15) is 5.75 Å². The molecule has 0 bridgehead atoms. The molecule has 0 amide bonds. The number of hydrogen-bond donors (Lipinski definition) is 0. The van der Waals surface area contributed by atoms with E-state index in [-0.39, 0.29) is 6.61 Å². The smallest absolute Gasteiger partial charge is 0.259 e. The first kappa shape index (κ1) is 10.1. The fraction of sp³-hybridized carbons (Fsp3) is 0.300. The summed E-state index contributed by atoms with van der Waals surface area (Å²) in [6.45, 7) is 3.93. The monoisotopic (exact) mass is 198 g/mol. The van der Waals surface area contributed by atoms with Crippen LogP contribution in [0.1, 0.15) is 11.1 Å². The van der Waals surface area contributed by atoms with E-state index in [1.54, 1.807) is 0 Å². The minimum absolute atomic E-state index is 0.0793. The second kappa shape index (κ2) is 4.28. The quantitative estimate of drug-likeness (QED) is 0.698. The van der Waals surface area contributed by atoms with Crippen molar-refractivity contribution in [3.63, 3.8) is 0 Å². The molecule has 0 N–H and O–H groups in total. The number of rotatable bonds is 3. The topological polar surface area (TPSA) is 26.3 Å². The molecule has 0 radical (unpaired) electrons. The van der Waals surface area contributed by atoms with Crippen LogP contribution in [0.2, 0.25) is 0 Å². The van der Waals surface area contributed by atoms with E-state index in [0.29, 0.717) is 5.75 Å². The van der Waals surface area contributed by atoms with Crippen LogP contribution in [0.25, 0.3) is 0 Å². The third kappa shape index (κ3) is 3.07. The molecule has 0 aromatic heterocycles. The SMILES string of the molecule is Cc1ccc(OCC(=O)Cl)cc1C. The van der Waals surface area contributed by atoms with E-state index < -0.39 is 5.24 Å². The minimum atomic E-state index is -0.488. The number of halogens is 1. The number of carbonyl (C=O) groups excluding carboxylic acids is 1. The third-order valence-electron chi connectivity index (χ3n) is 1.83. The number of carbonyl (C=O) groups is 1. The largest absolute Gasteiger partial charge is 0.484 e. The predicted octanol–water partition coefficient (Wildman–Crippen LogP) is 2.45. The van der Waals surface area contributed by atoms with Crippen molar-refractivity contribution in [1.29, 1.82) is 0 Å². The molecule has 0 unspecified atom stereocenters. The maximum Gasteiger partial charge on any atom is 0.259 e.